The Balaban J connectivity index is 2.23. The number of ether oxygens (including phenoxy) is 1. The van der Waals surface area contributed by atoms with Gasteiger partial charge in [0.1, 0.15) is 12.1 Å². The van der Waals surface area contributed by atoms with Crippen LogP contribution in [0.5, 0.6) is 0 Å². The van der Waals surface area contributed by atoms with Gasteiger partial charge in [-0.05, 0) is 13.0 Å². The maximum atomic E-state index is 13.2. The van der Waals surface area contributed by atoms with Crippen molar-refractivity contribution in [2.45, 2.75) is 13.2 Å². The minimum atomic E-state index is -0.374. The molecule has 0 amide bonds. The Bertz CT molecular complexity index is 349. The van der Waals surface area contributed by atoms with Crippen LogP contribution in [0.1, 0.15) is 18.7 Å². The minimum absolute atomic E-state index is 0.247. The van der Waals surface area contributed by atoms with E-state index in [0.29, 0.717) is 5.56 Å². The zero-order valence-corrected chi connectivity index (χ0v) is 7.25. The maximum absolute atomic E-state index is 13.2. The largest absolute Gasteiger partial charge is 0.472 e. The highest BCUT2D eigenvalue weighted by Gasteiger charge is 2.19. The van der Waals surface area contributed by atoms with Crippen LogP contribution >= 0.6 is 0 Å². The van der Waals surface area contributed by atoms with E-state index in [-0.39, 0.29) is 12.0 Å². The summed E-state index contributed by atoms with van der Waals surface area (Å²) >= 11 is 0. The topological polar surface area (TPSA) is 21.3 Å². The summed E-state index contributed by atoms with van der Waals surface area (Å²) in [6.45, 7) is 1.88. The molecule has 2 nitrogen and oxygen atoms in total. The first-order chi connectivity index (χ1) is 6.27. The SMILES string of the molecule is CC1=COC(c2ccccc2F)N1. The van der Waals surface area contributed by atoms with E-state index in [0.717, 1.165) is 5.70 Å². The molecule has 0 bridgehead atoms. The van der Waals surface area contributed by atoms with Crippen molar-refractivity contribution in [2.75, 3.05) is 0 Å². The van der Waals surface area contributed by atoms with Gasteiger partial charge in [-0.25, -0.2) is 4.39 Å². The maximum Gasteiger partial charge on any atom is 0.198 e. The Kier molecular flexibility index (Phi) is 1.93. The zero-order valence-electron chi connectivity index (χ0n) is 7.25. The molecule has 13 heavy (non-hydrogen) atoms. The smallest absolute Gasteiger partial charge is 0.198 e. The van der Waals surface area contributed by atoms with Crippen LogP contribution in [0, 0.1) is 5.82 Å². The van der Waals surface area contributed by atoms with Crippen molar-refractivity contribution in [2.24, 2.45) is 0 Å². The summed E-state index contributed by atoms with van der Waals surface area (Å²) in [5, 5.41) is 3.01. The number of hydrogen-bond donors (Lipinski definition) is 1. The Hall–Kier alpha value is -1.51. The van der Waals surface area contributed by atoms with E-state index in [4.69, 9.17) is 4.74 Å². The summed E-state index contributed by atoms with van der Waals surface area (Å²) in [7, 11) is 0. The molecule has 68 valence electrons. The zero-order chi connectivity index (χ0) is 9.26. The molecule has 0 fully saturated rings. The second-order valence-corrected chi connectivity index (χ2v) is 2.98. The summed E-state index contributed by atoms with van der Waals surface area (Å²) in [5.41, 5.74) is 1.45. The van der Waals surface area contributed by atoms with Crippen LogP contribution < -0.4 is 5.32 Å². The van der Waals surface area contributed by atoms with Gasteiger partial charge in [-0.15, -0.1) is 0 Å². The fourth-order valence-corrected chi connectivity index (χ4v) is 1.28. The predicted octanol–water partition coefficient (Wildman–Crippen LogP) is 2.31. The van der Waals surface area contributed by atoms with E-state index in [9.17, 15) is 4.39 Å². The van der Waals surface area contributed by atoms with Gasteiger partial charge < -0.3 is 10.1 Å². The average molecular weight is 179 g/mol. The number of benzene rings is 1. The van der Waals surface area contributed by atoms with E-state index < -0.39 is 0 Å². The summed E-state index contributed by atoms with van der Waals surface area (Å²) in [5.74, 6) is -0.247. The molecule has 1 aliphatic heterocycles. The quantitative estimate of drug-likeness (QED) is 0.714. The molecule has 1 aromatic rings. The van der Waals surface area contributed by atoms with Crippen LogP contribution in [0.15, 0.2) is 36.2 Å². The monoisotopic (exact) mass is 179 g/mol. The third-order valence-electron chi connectivity index (χ3n) is 1.93. The van der Waals surface area contributed by atoms with E-state index >= 15 is 0 Å². The van der Waals surface area contributed by atoms with E-state index in [2.05, 4.69) is 5.32 Å². The van der Waals surface area contributed by atoms with Crippen molar-refractivity contribution in [3.63, 3.8) is 0 Å². The molecular weight excluding hydrogens is 169 g/mol. The normalized spacial score (nSPS) is 20.5. The standard InChI is InChI=1S/C10H10FNO/c1-7-6-13-10(12-7)8-4-2-3-5-9(8)11/h2-6,10,12H,1H3. The molecule has 1 aliphatic rings. The van der Waals surface area contributed by atoms with Gasteiger partial charge in [0.05, 0.1) is 0 Å². The predicted molar refractivity (Wildman–Crippen MR) is 47.1 cm³/mol. The lowest BCUT2D eigenvalue weighted by Crippen LogP contribution is -2.15. The van der Waals surface area contributed by atoms with Gasteiger partial charge in [0, 0.05) is 11.3 Å². The Morgan fingerprint density at radius 1 is 1.38 bits per heavy atom. The van der Waals surface area contributed by atoms with Gasteiger partial charge >= 0.3 is 0 Å². The molecule has 1 atom stereocenters. The Morgan fingerprint density at radius 3 is 2.77 bits per heavy atom. The van der Waals surface area contributed by atoms with Crippen LogP contribution in [0.2, 0.25) is 0 Å². The van der Waals surface area contributed by atoms with Crippen LogP contribution in [0.25, 0.3) is 0 Å². The fraction of sp³-hybridized carbons (Fsp3) is 0.200. The van der Waals surface area contributed by atoms with Crippen LogP contribution in [-0.4, -0.2) is 0 Å². The Labute approximate surface area is 76.0 Å². The first-order valence-corrected chi connectivity index (χ1v) is 4.10. The summed E-state index contributed by atoms with van der Waals surface area (Å²) in [6, 6.07) is 6.58. The van der Waals surface area contributed by atoms with Crippen molar-refractivity contribution in [3.8, 4) is 0 Å². The van der Waals surface area contributed by atoms with Gasteiger partial charge in [-0.3, -0.25) is 0 Å². The van der Waals surface area contributed by atoms with E-state index in [1.54, 1.807) is 24.5 Å². The van der Waals surface area contributed by atoms with Crippen LogP contribution in [-0.2, 0) is 4.74 Å². The van der Waals surface area contributed by atoms with Crippen LogP contribution in [0.3, 0.4) is 0 Å². The lowest BCUT2D eigenvalue weighted by Gasteiger charge is -2.12. The van der Waals surface area contributed by atoms with Crippen molar-refractivity contribution < 1.29 is 9.13 Å². The van der Waals surface area contributed by atoms with Gasteiger partial charge in [0.2, 0.25) is 0 Å². The van der Waals surface area contributed by atoms with Crippen molar-refractivity contribution in [1.29, 1.82) is 0 Å². The molecule has 1 heterocycles. The molecule has 1 N–H and O–H groups in total. The van der Waals surface area contributed by atoms with Gasteiger partial charge in [-0.2, -0.15) is 0 Å². The summed E-state index contributed by atoms with van der Waals surface area (Å²) < 4.78 is 18.4. The molecule has 2 rings (SSSR count). The molecular formula is C10H10FNO. The highest BCUT2D eigenvalue weighted by Crippen LogP contribution is 2.23. The van der Waals surface area contributed by atoms with E-state index in [1.165, 1.54) is 6.07 Å². The lowest BCUT2D eigenvalue weighted by molar-refractivity contribution is 0.150. The second kappa shape index (κ2) is 3.09. The molecule has 3 heteroatoms. The molecule has 0 saturated heterocycles. The third-order valence-corrected chi connectivity index (χ3v) is 1.93. The van der Waals surface area contributed by atoms with Crippen molar-refractivity contribution in [1.82, 2.24) is 5.32 Å². The molecule has 0 saturated carbocycles. The molecule has 0 radical (unpaired) electrons. The molecule has 0 aromatic heterocycles. The van der Waals surface area contributed by atoms with Crippen molar-refractivity contribution in [3.05, 3.63) is 47.6 Å². The number of allylic oxidation sites excluding steroid dienone is 1. The number of halogens is 1. The Morgan fingerprint density at radius 2 is 2.15 bits per heavy atom. The second-order valence-electron chi connectivity index (χ2n) is 2.98. The first-order valence-electron chi connectivity index (χ1n) is 4.10. The number of nitrogens with one attached hydrogen (secondary N) is 1. The summed E-state index contributed by atoms with van der Waals surface area (Å²) in [6.07, 6.45) is 1.22. The number of rotatable bonds is 1. The average Bonchev–Trinajstić information content (AvgIpc) is 2.53. The highest BCUT2D eigenvalue weighted by atomic mass is 19.1. The van der Waals surface area contributed by atoms with Gasteiger partial charge in [-0.1, -0.05) is 18.2 Å². The first kappa shape index (κ1) is 8.10. The third kappa shape index (κ3) is 1.49. The van der Waals surface area contributed by atoms with E-state index in [1.807, 2.05) is 6.92 Å². The minimum Gasteiger partial charge on any atom is -0.472 e. The highest BCUT2D eigenvalue weighted by molar-refractivity contribution is 5.22. The number of hydrogen-bond acceptors (Lipinski definition) is 2. The van der Waals surface area contributed by atoms with Crippen LogP contribution in [0.4, 0.5) is 4.39 Å². The molecule has 1 aromatic carbocycles. The molecule has 1 unspecified atom stereocenters. The van der Waals surface area contributed by atoms with Gasteiger partial charge in [0.25, 0.3) is 0 Å². The van der Waals surface area contributed by atoms with Crippen molar-refractivity contribution >= 4 is 0 Å². The lowest BCUT2D eigenvalue weighted by atomic mass is 10.2. The fourth-order valence-electron chi connectivity index (χ4n) is 1.28. The van der Waals surface area contributed by atoms with Gasteiger partial charge in [0.15, 0.2) is 6.23 Å². The molecule has 0 aliphatic carbocycles. The molecule has 0 spiro atoms. The summed E-state index contributed by atoms with van der Waals surface area (Å²) in [4.78, 5) is 0.